The van der Waals surface area contributed by atoms with E-state index in [1.165, 1.54) is 0 Å². The van der Waals surface area contributed by atoms with Crippen LogP contribution in [0.3, 0.4) is 0 Å². The standard InChI is InChI=1S/C21H42O6Si3/c1-7-10-13-22-16-19-28(4)25-29(5,20-17-23-14-11-8-2)27-30(6,26-28)21-18-24-15-12-9-3/h16-21H,7-15H2,1-6H3/b19-16+,20-17+,21-18+. The first-order valence-electron chi connectivity index (χ1n) is 11.3. The van der Waals surface area contributed by atoms with E-state index in [4.69, 9.17) is 26.6 Å². The summed E-state index contributed by atoms with van der Waals surface area (Å²) in [7, 11) is -7.92. The number of rotatable bonds is 15. The van der Waals surface area contributed by atoms with Gasteiger partial charge in [0.05, 0.1) is 38.6 Å². The van der Waals surface area contributed by atoms with Crippen LogP contribution in [0.4, 0.5) is 0 Å². The van der Waals surface area contributed by atoms with Gasteiger partial charge in [0.15, 0.2) is 0 Å². The van der Waals surface area contributed by atoms with Crippen molar-refractivity contribution in [3.8, 4) is 0 Å². The molecule has 30 heavy (non-hydrogen) atoms. The van der Waals surface area contributed by atoms with Crippen molar-refractivity contribution in [1.29, 1.82) is 0 Å². The quantitative estimate of drug-likeness (QED) is 0.168. The second-order valence-electron chi connectivity index (χ2n) is 7.94. The van der Waals surface area contributed by atoms with Crippen LogP contribution in [-0.2, 0) is 26.6 Å². The number of ether oxygens (including phenoxy) is 3. The molecule has 1 fully saturated rings. The first kappa shape index (κ1) is 27.2. The molecule has 0 aromatic heterocycles. The first-order valence-corrected chi connectivity index (χ1v) is 18.5. The predicted octanol–water partition coefficient (Wildman–Crippen LogP) is 5.87. The van der Waals surface area contributed by atoms with Gasteiger partial charge >= 0.3 is 25.7 Å². The topological polar surface area (TPSA) is 55.4 Å². The van der Waals surface area contributed by atoms with Crippen LogP contribution in [0, 0.1) is 0 Å². The van der Waals surface area contributed by atoms with Crippen LogP contribution in [0.25, 0.3) is 0 Å². The first-order chi connectivity index (χ1) is 14.3. The van der Waals surface area contributed by atoms with Gasteiger partial charge in [0.25, 0.3) is 0 Å². The Balaban J connectivity index is 2.91. The lowest BCUT2D eigenvalue weighted by atomic mass is 10.4. The minimum absolute atomic E-state index is 0.702. The Bertz CT molecular complexity index is 471. The Morgan fingerprint density at radius 1 is 0.533 bits per heavy atom. The van der Waals surface area contributed by atoms with E-state index in [0.717, 1.165) is 38.5 Å². The summed E-state index contributed by atoms with van der Waals surface area (Å²) in [5.41, 5.74) is 5.91. The van der Waals surface area contributed by atoms with Crippen LogP contribution in [0.2, 0.25) is 19.6 Å². The van der Waals surface area contributed by atoms with Crippen molar-refractivity contribution in [2.75, 3.05) is 19.8 Å². The Labute approximate surface area is 187 Å². The van der Waals surface area contributed by atoms with E-state index in [1.807, 2.05) is 36.7 Å². The molecule has 1 heterocycles. The zero-order chi connectivity index (χ0) is 22.3. The van der Waals surface area contributed by atoms with E-state index in [1.54, 1.807) is 18.8 Å². The minimum Gasteiger partial charge on any atom is -0.502 e. The summed E-state index contributed by atoms with van der Waals surface area (Å²) in [4.78, 5) is 0. The molecule has 0 aliphatic carbocycles. The van der Waals surface area contributed by atoms with Gasteiger partial charge in [0, 0.05) is 0 Å². The highest BCUT2D eigenvalue weighted by Gasteiger charge is 2.54. The van der Waals surface area contributed by atoms with Gasteiger partial charge in [-0.3, -0.25) is 0 Å². The second-order valence-corrected chi connectivity index (χ2v) is 17.5. The Kier molecular flexibility index (Phi) is 12.9. The maximum Gasteiger partial charge on any atom is 0.347 e. The van der Waals surface area contributed by atoms with Gasteiger partial charge in [-0.2, -0.15) is 0 Å². The van der Waals surface area contributed by atoms with E-state index in [2.05, 4.69) is 20.8 Å². The lowest BCUT2D eigenvalue weighted by molar-refractivity contribution is 0.227. The highest BCUT2D eigenvalue weighted by Crippen LogP contribution is 2.33. The van der Waals surface area contributed by atoms with Crippen molar-refractivity contribution in [2.24, 2.45) is 0 Å². The molecule has 0 radical (unpaired) electrons. The number of hydrogen-bond donors (Lipinski definition) is 0. The fraction of sp³-hybridized carbons (Fsp3) is 0.714. The summed E-state index contributed by atoms with van der Waals surface area (Å²) >= 11 is 0. The van der Waals surface area contributed by atoms with E-state index in [-0.39, 0.29) is 0 Å². The highest BCUT2D eigenvalue weighted by molar-refractivity contribution is 6.98. The normalized spacial score (nSPS) is 29.8. The smallest absolute Gasteiger partial charge is 0.347 e. The Morgan fingerprint density at radius 3 is 1.03 bits per heavy atom. The van der Waals surface area contributed by atoms with Gasteiger partial charge in [0.1, 0.15) is 0 Å². The molecule has 0 saturated carbocycles. The van der Waals surface area contributed by atoms with Crippen molar-refractivity contribution in [3.63, 3.8) is 0 Å². The van der Waals surface area contributed by atoms with Crippen LogP contribution >= 0.6 is 0 Å². The van der Waals surface area contributed by atoms with Crippen LogP contribution in [0.1, 0.15) is 59.3 Å². The molecule has 0 bridgehead atoms. The van der Waals surface area contributed by atoms with Crippen LogP contribution in [-0.4, -0.2) is 45.5 Å². The van der Waals surface area contributed by atoms with Crippen molar-refractivity contribution in [3.05, 3.63) is 35.9 Å². The molecular weight excluding hydrogens is 432 g/mol. The molecule has 1 saturated heterocycles. The summed E-state index contributed by atoms with van der Waals surface area (Å²) < 4.78 is 36.3. The van der Waals surface area contributed by atoms with Gasteiger partial charge < -0.3 is 26.6 Å². The van der Waals surface area contributed by atoms with E-state index in [9.17, 15) is 0 Å². The molecule has 9 heteroatoms. The predicted molar refractivity (Wildman–Crippen MR) is 128 cm³/mol. The Hall–Kier alpha value is -0.849. The van der Waals surface area contributed by atoms with Crippen molar-refractivity contribution >= 4 is 25.7 Å². The van der Waals surface area contributed by atoms with Gasteiger partial charge in [-0.25, -0.2) is 0 Å². The minimum atomic E-state index is -2.64. The molecular formula is C21H42O6Si3. The largest absolute Gasteiger partial charge is 0.502 e. The molecule has 0 unspecified atom stereocenters. The number of hydrogen-bond acceptors (Lipinski definition) is 6. The van der Waals surface area contributed by atoms with E-state index in [0.29, 0.717) is 19.8 Å². The van der Waals surface area contributed by atoms with Crippen molar-refractivity contribution < 1.29 is 26.6 Å². The highest BCUT2D eigenvalue weighted by atomic mass is 28.5. The van der Waals surface area contributed by atoms with Gasteiger partial charge in [-0.05, 0) is 56.0 Å². The molecule has 0 atom stereocenters. The zero-order valence-electron chi connectivity index (χ0n) is 19.8. The van der Waals surface area contributed by atoms with E-state index >= 15 is 0 Å². The third kappa shape index (κ3) is 11.0. The molecule has 0 spiro atoms. The SMILES string of the molecule is CCCCO/C=C/[Si]1(C)O[Si](C)(/C=C/OCCCC)O[Si](C)(/C=C/OCCCC)O1. The molecule has 0 aromatic rings. The fourth-order valence-electron chi connectivity index (χ4n) is 2.88. The van der Waals surface area contributed by atoms with Crippen LogP contribution in [0.15, 0.2) is 35.9 Å². The number of unbranched alkanes of at least 4 members (excludes halogenated alkanes) is 3. The second kappa shape index (κ2) is 14.3. The molecule has 1 aliphatic rings. The molecule has 0 amide bonds. The third-order valence-electron chi connectivity index (χ3n) is 4.46. The zero-order valence-corrected chi connectivity index (χ0v) is 22.8. The lowest BCUT2D eigenvalue weighted by Crippen LogP contribution is -2.66. The van der Waals surface area contributed by atoms with Crippen LogP contribution < -0.4 is 0 Å². The summed E-state index contributed by atoms with van der Waals surface area (Å²) in [6, 6.07) is 0. The average Bonchev–Trinajstić information content (AvgIpc) is 2.66. The molecule has 6 nitrogen and oxygen atoms in total. The van der Waals surface area contributed by atoms with Crippen LogP contribution in [0.5, 0.6) is 0 Å². The van der Waals surface area contributed by atoms with Crippen molar-refractivity contribution in [1.82, 2.24) is 0 Å². The Morgan fingerprint density at radius 2 is 0.800 bits per heavy atom. The van der Waals surface area contributed by atoms with E-state index < -0.39 is 25.7 Å². The van der Waals surface area contributed by atoms with Gasteiger partial charge in [0.2, 0.25) is 0 Å². The lowest BCUT2D eigenvalue weighted by Gasteiger charge is -2.46. The maximum absolute atomic E-state index is 6.47. The monoisotopic (exact) mass is 474 g/mol. The summed E-state index contributed by atoms with van der Waals surface area (Å²) in [6.07, 6.45) is 11.6. The fourth-order valence-corrected chi connectivity index (χ4v) is 16.8. The summed E-state index contributed by atoms with van der Waals surface area (Å²) in [6.45, 7) is 14.7. The summed E-state index contributed by atoms with van der Waals surface area (Å²) in [5.74, 6) is 0. The molecule has 1 rings (SSSR count). The average molecular weight is 475 g/mol. The molecule has 1 aliphatic heterocycles. The maximum atomic E-state index is 6.47. The third-order valence-corrected chi connectivity index (χ3v) is 16.4. The van der Waals surface area contributed by atoms with Gasteiger partial charge in [-0.15, -0.1) is 0 Å². The summed E-state index contributed by atoms with van der Waals surface area (Å²) in [5, 5.41) is 0. The van der Waals surface area contributed by atoms with Gasteiger partial charge in [-0.1, -0.05) is 40.0 Å². The molecule has 174 valence electrons. The van der Waals surface area contributed by atoms with Crippen molar-refractivity contribution in [2.45, 2.75) is 78.9 Å². The molecule has 0 aromatic carbocycles. The molecule has 0 N–H and O–H groups in total.